The molecule has 0 unspecified atom stereocenters. The molecule has 1 aromatic rings. The van der Waals surface area contributed by atoms with Crippen LogP contribution in [0.4, 0.5) is 5.69 Å². The van der Waals surface area contributed by atoms with Gasteiger partial charge in [-0.3, -0.25) is 24.1 Å². The second kappa shape index (κ2) is 9.31. The van der Waals surface area contributed by atoms with Crippen molar-refractivity contribution in [2.75, 3.05) is 18.4 Å². The number of benzene rings is 1. The Bertz CT molecular complexity index is 894. The number of nitrogens with one attached hydrogen (secondary N) is 2. The minimum atomic E-state index is -0.432. The van der Waals surface area contributed by atoms with Crippen LogP contribution in [0.3, 0.4) is 0 Å². The van der Waals surface area contributed by atoms with Crippen LogP contribution < -0.4 is 10.6 Å². The van der Waals surface area contributed by atoms with Crippen LogP contribution >= 0.6 is 0 Å². The highest BCUT2D eigenvalue weighted by Crippen LogP contribution is 2.36. The molecule has 0 radical (unpaired) electrons. The molecule has 0 spiro atoms. The summed E-state index contributed by atoms with van der Waals surface area (Å²) < 4.78 is 0. The van der Waals surface area contributed by atoms with Gasteiger partial charge in [-0.15, -0.1) is 12.3 Å². The summed E-state index contributed by atoms with van der Waals surface area (Å²) in [5, 5.41) is 13.6. The van der Waals surface area contributed by atoms with E-state index in [1.54, 1.807) is 24.3 Å². The highest BCUT2D eigenvalue weighted by molar-refractivity contribution is 6.02. The second-order valence-corrected chi connectivity index (χ2v) is 7.21. The molecule has 4 amide bonds. The maximum absolute atomic E-state index is 12.2. The van der Waals surface area contributed by atoms with E-state index in [2.05, 4.69) is 26.8 Å². The molecule has 0 bridgehead atoms. The van der Waals surface area contributed by atoms with Crippen LogP contribution in [0.25, 0.3) is 0 Å². The van der Waals surface area contributed by atoms with Crippen LogP contribution in [0.15, 0.2) is 34.5 Å². The molecule has 2 N–H and O–H groups in total. The van der Waals surface area contributed by atoms with Crippen molar-refractivity contribution in [3.8, 4) is 12.3 Å². The summed E-state index contributed by atoms with van der Waals surface area (Å²) in [5.41, 5.74) is 0.556. The van der Waals surface area contributed by atoms with Gasteiger partial charge in [0, 0.05) is 62.9 Å². The molecule has 2 aliphatic heterocycles. The van der Waals surface area contributed by atoms with E-state index in [0.29, 0.717) is 37.1 Å². The molecule has 2 heterocycles. The minimum Gasteiger partial charge on any atom is -0.352 e. The number of anilines is 1. The predicted octanol–water partition coefficient (Wildman–Crippen LogP) is 1.86. The Morgan fingerprint density at radius 1 is 1.10 bits per heavy atom. The van der Waals surface area contributed by atoms with Crippen molar-refractivity contribution in [3.63, 3.8) is 0 Å². The Balaban J connectivity index is 1.40. The first kappa shape index (κ1) is 21.2. The molecule has 0 aliphatic carbocycles. The maximum atomic E-state index is 12.2. The van der Waals surface area contributed by atoms with Gasteiger partial charge in [0.15, 0.2) is 5.66 Å². The number of amides is 4. The molecule has 30 heavy (non-hydrogen) atoms. The number of hydrogen-bond donors (Lipinski definition) is 2. The van der Waals surface area contributed by atoms with Gasteiger partial charge in [-0.1, -0.05) is 0 Å². The molecular formula is C21H23N5O4. The van der Waals surface area contributed by atoms with E-state index in [9.17, 15) is 19.2 Å². The molecule has 1 aromatic carbocycles. The molecule has 0 saturated carbocycles. The molecular weight excluding hydrogens is 386 g/mol. The molecule has 9 heteroatoms. The highest BCUT2D eigenvalue weighted by Gasteiger charge is 2.38. The number of likely N-dealkylation sites (tertiary alicyclic amines) is 1. The summed E-state index contributed by atoms with van der Waals surface area (Å²) in [4.78, 5) is 48.5. The van der Waals surface area contributed by atoms with Gasteiger partial charge in [0.05, 0.1) is 0 Å². The lowest BCUT2D eigenvalue weighted by atomic mass is 10.0. The molecule has 0 aromatic heterocycles. The van der Waals surface area contributed by atoms with E-state index >= 15 is 0 Å². The average Bonchev–Trinajstić information content (AvgIpc) is 3.43. The molecule has 1 fully saturated rings. The Morgan fingerprint density at radius 2 is 1.77 bits per heavy atom. The van der Waals surface area contributed by atoms with Gasteiger partial charge in [0.2, 0.25) is 17.7 Å². The van der Waals surface area contributed by atoms with Crippen LogP contribution in [-0.4, -0.2) is 47.3 Å². The highest BCUT2D eigenvalue weighted by atomic mass is 16.2. The summed E-state index contributed by atoms with van der Waals surface area (Å²) in [6.45, 7) is 0.508. The van der Waals surface area contributed by atoms with Crippen molar-refractivity contribution in [1.82, 2.24) is 10.2 Å². The normalized spacial score (nSPS) is 16.3. The summed E-state index contributed by atoms with van der Waals surface area (Å²) in [6.07, 6.45) is 7.59. The quantitative estimate of drug-likeness (QED) is 0.453. The lowest BCUT2D eigenvalue weighted by Gasteiger charge is -2.13. The Kier molecular flexibility index (Phi) is 6.57. The van der Waals surface area contributed by atoms with Crippen LogP contribution in [0.2, 0.25) is 0 Å². The van der Waals surface area contributed by atoms with E-state index in [1.165, 1.54) is 0 Å². The third kappa shape index (κ3) is 5.50. The maximum Gasteiger partial charge on any atom is 0.251 e. The van der Waals surface area contributed by atoms with Gasteiger partial charge in [0.25, 0.3) is 5.91 Å². The van der Waals surface area contributed by atoms with Crippen molar-refractivity contribution in [2.24, 2.45) is 10.2 Å². The molecule has 9 nitrogen and oxygen atoms in total. The van der Waals surface area contributed by atoms with Gasteiger partial charge < -0.3 is 10.6 Å². The van der Waals surface area contributed by atoms with Gasteiger partial charge in [-0.2, -0.15) is 10.2 Å². The molecule has 1 saturated heterocycles. The van der Waals surface area contributed by atoms with Gasteiger partial charge in [-0.05, 0) is 24.3 Å². The average molecular weight is 409 g/mol. The third-order valence-electron chi connectivity index (χ3n) is 5.01. The van der Waals surface area contributed by atoms with Gasteiger partial charge >= 0.3 is 0 Å². The fourth-order valence-electron chi connectivity index (χ4n) is 3.16. The van der Waals surface area contributed by atoms with Crippen LogP contribution in [0.5, 0.6) is 0 Å². The molecule has 2 aliphatic rings. The number of nitrogens with zero attached hydrogens (tertiary/aromatic N) is 3. The molecule has 156 valence electrons. The number of imide groups is 1. The Labute approximate surface area is 174 Å². The second-order valence-electron chi connectivity index (χ2n) is 7.21. The van der Waals surface area contributed by atoms with Crippen LogP contribution in [0, 0.1) is 12.3 Å². The number of hydrogen-bond acceptors (Lipinski definition) is 6. The van der Waals surface area contributed by atoms with E-state index < -0.39 is 5.66 Å². The Hall–Kier alpha value is -3.54. The van der Waals surface area contributed by atoms with E-state index in [4.69, 9.17) is 6.42 Å². The zero-order valence-electron chi connectivity index (χ0n) is 16.5. The summed E-state index contributed by atoms with van der Waals surface area (Å²) in [7, 11) is 0. The molecule has 3 rings (SSSR count). The number of carbonyl (C=O) groups is 4. The minimum absolute atomic E-state index is 0.0250. The SMILES string of the molecule is C#CCCC1(CCNC(=O)c2ccc(NC(=O)CCN3C(=O)CCC3=O)cc2)N=N1. The van der Waals surface area contributed by atoms with Crippen molar-refractivity contribution in [2.45, 2.75) is 44.2 Å². The fourth-order valence-corrected chi connectivity index (χ4v) is 3.16. The first-order valence-electron chi connectivity index (χ1n) is 9.81. The largest absolute Gasteiger partial charge is 0.352 e. The van der Waals surface area contributed by atoms with E-state index in [0.717, 1.165) is 4.90 Å². The summed E-state index contributed by atoms with van der Waals surface area (Å²) >= 11 is 0. The lowest BCUT2D eigenvalue weighted by Crippen LogP contribution is -2.32. The number of rotatable bonds is 10. The lowest BCUT2D eigenvalue weighted by molar-refractivity contribution is -0.138. The third-order valence-corrected chi connectivity index (χ3v) is 5.01. The van der Waals surface area contributed by atoms with Crippen LogP contribution in [0.1, 0.15) is 48.9 Å². The van der Waals surface area contributed by atoms with Crippen molar-refractivity contribution < 1.29 is 19.2 Å². The monoisotopic (exact) mass is 409 g/mol. The van der Waals surface area contributed by atoms with Crippen molar-refractivity contribution in [1.29, 1.82) is 0 Å². The fraction of sp³-hybridized carbons (Fsp3) is 0.429. The van der Waals surface area contributed by atoms with Gasteiger partial charge in [0.1, 0.15) is 0 Å². The number of terminal acetylenes is 1. The van der Waals surface area contributed by atoms with Crippen LogP contribution in [-0.2, 0) is 14.4 Å². The standard InChI is InChI=1S/C21H23N5O4/c1-2-3-11-21(24-25-21)12-13-22-20(30)15-4-6-16(7-5-15)23-17(27)10-14-26-18(28)8-9-19(26)29/h1,4-7H,3,8-14H2,(H,22,30)(H,23,27). The predicted molar refractivity (Wildman–Crippen MR) is 108 cm³/mol. The van der Waals surface area contributed by atoms with Crippen molar-refractivity contribution in [3.05, 3.63) is 29.8 Å². The summed E-state index contributed by atoms with van der Waals surface area (Å²) in [6, 6.07) is 6.47. The van der Waals surface area contributed by atoms with E-state index in [-0.39, 0.29) is 49.4 Å². The van der Waals surface area contributed by atoms with Gasteiger partial charge in [-0.25, -0.2) is 0 Å². The summed E-state index contributed by atoms with van der Waals surface area (Å²) in [5.74, 6) is 1.54. The van der Waals surface area contributed by atoms with Crippen molar-refractivity contribution >= 4 is 29.3 Å². The number of carbonyl (C=O) groups excluding carboxylic acids is 4. The topological polar surface area (TPSA) is 120 Å². The Morgan fingerprint density at radius 3 is 2.37 bits per heavy atom. The smallest absolute Gasteiger partial charge is 0.251 e. The zero-order chi connectivity index (χ0) is 21.6. The first-order chi connectivity index (χ1) is 14.4. The first-order valence-corrected chi connectivity index (χ1v) is 9.81. The van der Waals surface area contributed by atoms with E-state index in [1.807, 2.05) is 0 Å². The molecule has 0 atom stereocenters. The zero-order valence-corrected chi connectivity index (χ0v) is 16.5.